The first kappa shape index (κ1) is 18.6. The largest absolute Gasteiger partial charge is 0.347 e. The Morgan fingerprint density at radius 1 is 1.32 bits per heavy atom. The third kappa shape index (κ3) is 8.40. The minimum Gasteiger partial charge on any atom is -0.347 e. The highest BCUT2D eigenvalue weighted by Crippen LogP contribution is 2.37. The Bertz CT molecular complexity index is 344. The molecule has 3 unspecified atom stereocenters. The Labute approximate surface area is 117 Å². The molecule has 0 aliphatic rings. The first-order valence-electron chi connectivity index (χ1n) is 6.70. The highest BCUT2D eigenvalue weighted by Gasteiger charge is 2.36. The molecule has 6 heteroatoms. The van der Waals surface area contributed by atoms with Crippen molar-refractivity contribution in [1.29, 1.82) is 0 Å². The Balaban J connectivity index is 5.23. The van der Waals surface area contributed by atoms with Gasteiger partial charge in [0.2, 0.25) is 5.91 Å². The molecule has 0 spiro atoms. The van der Waals surface area contributed by atoms with Gasteiger partial charge < -0.3 is 14.7 Å². The number of hydrogen-bond acceptors (Lipinski definition) is 2. The van der Waals surface area contributed by atoms with E-state index in [-0.39, 0.29) is 24.2 Å². The fourth-order valence-electron chi connectivity index (χ4n) is 2.39. The Hall–Kier alpha value is -0.380. The SMILES string of the molecule is CC(=O)NC(CP(C)(=O)O)C(CC(C)C)[N+](C)(C)C. The van der Waals surface area contributed by atoms with E-state index in [9.17, 15) is 14.3 Å². The second-order valence-corrected chi connectivity index (χ2v) is 9.32. The first-order valence-corrected chi connectivity index (χ1v) is 8.99. The van der Waals surface area contributed by atoms with Crippen molar-refractivity contribution in [3.05, 3.63) is 0 Å². The number of hydrogen-bond donors (Lipinski definition) is 2. The molecule has 0 aromatic rings. The predicted octanol–water partition coefficient (Wildman–Crippen LogP) is 1.51. The monoisotopic (exact) mass is 293 g/mol. The maximum atomic E-state index is 11.7. The van der Waals surface area contributed by atoms with E-state index in [2.05, 4.69) is 40.3 Å². The van der Waals surface area contributed by atoms with Crippen molar-refractivity contribution in [2.75, 3.05) is 34.0 Å². The number of carbonyl (C=O) groups is 1. The minimum absolute atomic E-state index is 0.115. The van der Waals surface area contributed by atoms with Crippen LogP contribution in [0.4, 0.5) is 0 Å². The quantitative estimate of drug-likeness (QED) is 0.552. The van der Waals surface area contributed by atoms with E-state index in [1.807, 2.05) is 0 Å². The highest BCUT2D eigenvalue weighted by atomic mass is 31.2. The van der Waals surface area contributed by atoms with E-state index in [0.717, 1.165) is 6.42 Å². The number of likely N-dealkylation sites (N-methyl/N-ethyl adjacent to an activating group) is 1. The minimum atomic E-state index is -3.17. The summed E-state index contributed by atoms with van der Waals surface area (Å²) in [5.41, 5.74) is 0. The summed E-state index contributed by atoms with van der Waals surface area (Å²) in [6, 6.07) is -0.162. The third-order valence-electron chi connectivity index (χ3n) is 3.10. The molecule has 0 aliphatic heterocycles. The van der Waals surface area contributed by atoms with Crippen molar-refractivity contribution in [3.63, 3.8) is 0 Å². The lowest BCUT2D eigenvalue weighted by molar-refractivity contribution is -0.898. The molecule has 0 radical (unpaired) electrons. The normalized spacial score (nSPS) is 18.8. The molecule has 114 valence electrons. The van der Waals surface area contributed by atoms with Crippen LogP contribution in [-0.4, -0.2) is 61.3 Å². The molecule has 19 heavy (non-hydrogen) atoms. The van der Waals surface area contributed by atoms with Crippen LogP contribution in [0.2, 0.25) is 0 Å². The zero-order valence-corrected chi connectivity index (χ0v) is 14.2. The molecule has 0 aliphatic carbocycles. The van der Waals surface area contributed by atoms with Gasteiger partial charge in [-0.1, -0.05) is 13.8 Å². The number of rotatable bonds is 7. The maximum absolute atomic E-state index is 11.7. The molecule has 0 saturated carbocycles. The lowest BCUT2D eigenvalue weighted by atomic mass is 9.95. The average Bonchev–Trinajstić information content (AvgIpc) is 2.07. The second-order valence-electron chi connectivity index (χ2n) is 6.85. The van der Waals surface area contributed by atoms with Gasteiger partial charge in [-0.3, -0.25) is 9.36 Å². The topological polar surface area (TPSA) is 66.4 Å². The van der Waals surface area contributed by atoms with E-state index in [0.29, 0.717) is 10.4 Å². The molecule has 0 rings (SSSR count). The van der Waals surface area contributed by atoms with E-state index < -0.39 is 7.37 Å². The zero-order valence-electron chi connectivity index (χ0n) is 13.3. The number of nitrogens with one attached hydrogen (secondary N) is 1. The van der Waals surface area contributed by atoms with Gasteiger partial charge in [0, 0.05) is 20.0 Å². The summed E-state index contributed by atoms with van der Waals surface area (Å²) in [4.78, 5) is 21.0. The Kier molecular flexibility index (Phi) is 6.73. The Morgan fingerprint density at radius 2 is 1.79 bits per heavy atom. The smallest absolute Gasteiger partial charge is 0.217 e. The summed E-state index contributed by atoms with van der Waals surface area (Å²) in [5.74, 6) is 0.314. The first-order chi connectivity index (χ1) is 8.33. The number of carbonyl (C=O) groups excluding carboxylic acids is 1. The van der Waals surface area contributed by atoms with Crippen LogP contribution in [0.1, 0.15) is 27.2 Å². The van der Waals surface area contributed by atoms with Gasteiger partial charge in [-0.05, 0) is 5.92 Å². The molecule has 5 nitrogen and oxygen atoms in total. The van der Waals surface area contributed by atoms with Gasteiger partial charge in [0.15, 0.2) is 7.37 Å². The fourth-order valence-corrected chi connectivity index (χ4v) is 3.46. The summed E-state index contributed by atoms with van der Waals surface area (Å²) in [7, 11) is 3.00. The third-order valence-corrected chi connectivity index (χ3v) is 4.17. The summed E-state index contributed by atoms with van der Waals surface area (Å²) < 4.78 is 12.4. The van der Waals surface area contributed by atoms with Gasteiger partial charge in [-0.15, -0.1) is 0 Å². The summed E-state index contributed by atoms with van der Waals surface area (Å²) in [6.07, 6.45) is 1.02. The molecule has 2 N–H and O–H groups in total. The van der Waals surface area contributed by atoms with Crippen LogP contribution >= 0.6 is 7.37 Å². The maximum Gasteiger partial charge on any atom is 0.217 e. The van der Waals surface area contributed by atoms with Gasteiger partial charge in [0.25, 0.3) is 0 Å². The molecule has 0 aromatic carbocycles. The van der Waals surface area contributed by atoms with E-state index >= 15 is 0 Å². The zero-order chi connectivity index (χ0) is 15.4. The van der Waals surface area contributed by atoms with Gasteiger partial charge in [-0.25, -0.2) is 0 Å². The van der Waals surface area contributed by atoms with E-state index in [1.165, 1.54) is 13.6 Å². The highest BCUT2D eigenvalue weighted by molar-refractivity contribution is 7.57. The summed E-state index contributed by atoms with van der Waals surface area (Å²) >= 11 is 0. The van der Waals surface area contributed by atoms with Crippen molar-refractivity contribution >= 4 is 13.3 Å². The van der Waals surface area contributed by atoms with Crippen molar-refractivity contribution in [2.45, 2.75) is 39.3 Å². The number of quaternary nitrogens is 1. The predicted molar refractivity (Wildman–Crippen MR) is 79.5 cm³/mol. The summed E-state index contributed by atoms with van der Waals surface area (Å²) in [6.45, 7) is 7.05. The molecule has 0 bridgehead atoms. The van der Waals surface area contributed by atoms with E-state index in [1.54, 1.807) is 0 Å². The van der Waals surface area contributed by atoms with Crippen molar-refractivity contribution in [2.24, 2.45) is 5.92 Å². The van der Waals surface area contributed by atoms with Crippen LogP contribution in [0.5, 0.6) is 0 Å². The van der Waals surface area contributed by atoms with Crippen LogP contribution in [0.3, 0.4) is 0 Å². The van der Waals surface area contributed by atoms with Gasteiger partial charge in [-0.2, -0.15) is 0 Å². The number of nitrogens with zero attached hydrogens (tertiary/aromatic N) is 1. The lowest BCUT2D eigenvalue weighted by Gasteiger charge is -2.40. The molecule has 0 heterocycles. The average molecular weight is 293 g/mol. The van der Waals surface area contributed by atoms with Crippen LogP contribution in [0.25, 0.3) is 0 Å². The lowest BCUT2D eigenvalue weighted by Crippen LogP contribution is -2.58. The number of amides is 1. The molecule has 1 amide bonds. The van der Waals surface area contributed by atoms with Gasteiger partial charge in [0.05, 0.1) is 33.3 Å². The molecule has 0 aromatic heterocycles. The van der Waals surface area contributed by atoms with Crippen LogP contribution in [0, 0.1) is 5.92 Å². The Morgan fingerprint density at radius 3 is 2.05 bits per heavy atom. The van der Waals surface area contributed by atoms with Gasteiger partial charge in [0.1, 0.15) is 6.04 Å². The van der Waals surface area contributed by atoms with Crippen molar-refractivity contribution in [1.82, 2.24) is 5.32 Å². The molecular weight excluding hydrogens is 263 g/mol. The standard InChI is InChI=1S/C13H29N2O3P/c1-10(2)8-13(15(4,5)6)12(14-11(3)16)9-19(7,17)18/h10,12-13H,8-9H2,1-7H3,(H-,14,16,17,18)/p+1. The van der Waals surface area contributed by atoms with E-state index in [4.69, 9.17) is 0 Å². The second kappa shape index (κ2) is 6.87. The van der Waals surface area contributed by atoms with Crippen molar-refractivity contribution in [3.8, 4) is 0 Å². The van der Waals surface area contributed by atoms with Gasteiger partial charge >= 0.3 is 0 Å². The molecule has 0 saturated heterocycles. The van der Waals surface area contributed by atoms with Crippen LogP contribution in [-0.2, 0) is 9.36 Å². The van der Waals surface area contributed by atoms with Crippen LogP contribution in [0.15, 0.2) is 0 Å². The summed E-state index contributed by atoms with van der Waals surface area (Å²) in [5, 5.41) is 2.86. The van der Waals surface area contributed by atoms with Crippen LogP contribution < -0.4 is 5.32 Å². The molecule has 0 fully saturated rings. The molecular formula is C13H30N2O3P+. The van der Waals surface area contributed by atoms with Crippen molar-refractivity contribution < 1.29 is 18.7 Å². The fraction of sp³-hybridized carbons (Fsp3) is 0.923. The molecule has 3 atom stereocenters.